The van der Waals surface area contributed by atoms with Gasteiger partial charge in [-0.3, -0.25) is 4.79 Å². The predicted octanol–water partition coefficient (Wildman–Crippen LogP) is 1.07. The van der Waals surface area contributed by atoms with Gasteiger partial charge in [0.05, 0.1) is 16.6 Å². The molecular weight excluding hydrogens is 327 g/mol. The molecule has 1 aliphatic heterocycles. The maximum Gasteiger partial charge on any atom is 0.341 e. The SMILES string of the molecule is Cn1cc(C(=O)O)c(=O)c2cc3cc(F)c(N4CC(N)C4)cc3nc21. The van der Waals surface area contributed by atoms with Crippen LogP contribution in [0, 0.1) is 5.82 Å². The molecule has 7 nitrogen and oxygen atoms in total. The van der Waals surface area contributed by atoms with E-state index in [2.05, 4.69) is 4.98 Å². The molecule has 0 atom stereocenters. The van der Waals surface area contributed by atoms with E-state index in [4.69, 9.17) is 10.8 Å². The third kappa shape index (κ3) is 2.33. The van der Waals surface area contributed by atoms with Crippen molar-refractivity contribution in [1.82, 2.24) is 9.55 Å². The van der Waals surface area contributed by atoms with Crippen molar-refractivity contribution in [2.45, 2.75) is 6.04 Å². The van der Waals surface area contributed by atoms with Crippen LogP contribution >= 0.6 is 0 Å². The fraction of sp³-hybridized carbons (Fsp3) is 0.235. The number of carboxylic acids is 1. The Bertz CT molecular complexity index is 1100. The zero-order valence-electron chi connectivity index (χ0n) is 13.4. The number of anilines is 1. The summed E-state index contributed by atoms with van der Waals surface area (Å²) in [5.74, 6) is -1.73. The van der Waals surface area contributed by atoms with Gasteiger partial charge in [-0.25, -0.2) is 14.2 Å². The molecule has 3 aromatic rings. The van der Waals surface area contributed by atoms with Gasteiger partial charge in [0.2, 0.25) is 5.43 Å². The first-order valence-corrected chi connectivity index (χ1v) is 7.72. The molecule has 4 rings (SSSR count). The number of hydrogen-bond acceptors (Lipinski definition) is 5. The molecule has 25 heavy (non-hydrogen) atoms. The number of carbonyl (C=O) groups is 1. The van der Waals surface area contributed by atoms with E-state index in [1.54, 1.807) is 13.1 Å². The molecule has 0 unspecified atom stereocenters. The van der Waals surface area contributed by atoms with Crippen molar-refractivity contribution in [2.75, 3.05) is 18.0 Å². The smallest absolute Gasteiger partial charge is 0.341 e. The van der Waals surface area contributed by atoms with E-state index in [1.165, 1.54) is 22.9 Å². The minimum atomic E-state index is -1.31. The van der Waals surface area contributed by atoms with Crippen LogP contribution in [0.5, 0.6) is 0 Å². The Hall–Kier alpha value is -3.00. The highest BCUT2D eigenvalue weighted by atomic mass is 19.1. The maximum absolute atomic E-state index is 14.4. The Labute approximate surface area is 141 Å². The van der Waals surface area contributed by atoms with Gasteiger partial charge in [0.25, 0.3) is 0 Å². The quantitative estimate of drug-likeness (QED) is 0.676. The van der Waals surface area contributed by atoms with Crippen LogP contribution in [-0.4, -0.2) is 39.8 Å². The van der Waals surface area contributed by atoms with Gasteiger partial charge in [0.1, 0.15) is 17.0 Å². The van der Waals surface area contributed by atoms with Crippen molar-refractivity contribution in [1.29, 1.82) is 0 Å². The zero-order chi connectivity index (χ0) is 17.9. The molecular formula is C17H15FN4O3. The molecule has 2 aromatic heterocycles. The van der Waals surface area contributed by atoms with Crippen LogP contribution in [0.25, 0.3) is 21.9 Å². The summed E-state index contributed by atoms with van der Waals surface area (Å²) in [4.78, 5) is 29.9. The van der Waals surface area contributed by atoms with E-state index in [9.17, 15) is 14.0 Å². The van der Waals surface area contributed by atoms with E-state index in [-0.39, 0.29) is 17.0 Å². The number of rotatable bonds is 2. The summed E-state index contributed by atoms with van der Waals surface area (Å²) >= 11 is 0. The summed E-state index contributed by atoms with van der Waals surface area (Å²) in [6, 6.07) is 4.47. The average Bonchev–Trinajstić information content (AvgIpc) is 2.53. The second kappa shape index (κ2) is 5.25. The second-order valence-electron chi connectivity index (χ2n) is 6.31. The molecule has 1 aromatic carbocycles. The molecule has 1 aliphatic rings. The first-order chi connectivity index (χ1) is 11.8. The minimum absolute atomic E-state index is 0.0370. The molecule has 8 heteroatoms. The molecule has 0 spiro atoms. The van der Waals surface area contributed by atoms with Crippen LogP contribution in [0.2, 0.25) is 0 Å². The van der Waals surface area contributed by atoms with Crippen LogP contribution < -0.4 is 16.1 Å². The molecule has 3 N–H and O–H groups in total. The molecule has 0 bridgehead atoms. The topological polar surface area (TPSA) is 101 Å². The van der Waals surface area contributed by atoms with Crippen LogP contribution in [-0.2, 0) is 7.05 Å². The summed E-state index contributed by atoms with van der Waals surface area (Å²) in [5.41, 5.74) is 6.08. The number of aromatic carboxylic acids is 1. The van der Waals surface area contributed by atoms with Gasteiger partial charge in [-0.05, 0) is 18.2 Å². The molecule has 0 amide bonds. The van der Waals surface area contributed by atoms with Crippen LogP contribution in [0.3, 0.4) is 0 Å². The van der Waals surface area contributed by atoms with Crippen molar-refractivity contribution in [2.24, 2.45) is 12.8 Å². The number of halogens is 1. The van der Waals surface area contributed by atoms with Gasteiger partial charge in [-0.15, -0.1) is 0 Å². The Morgan fingerprint density at radius 1 is 1.36 bits per heavy atom. The first-order valence-electron chi connectivity index (χ1n) is 7.72. The van der Waals surface area contributed by atoms with E-state index in [0.717, 1.165) is 0 Å². The molecule has 128 valence electrons. The number of aromatic nitrogens is 2. The number of aryl methyl sites for hydroxylation is 1. The predicted molar refractivity (Wildman–Crippen MR) is 91.6 cm³/mol. The lowest BCUT2D eigenvalue weighted by Crippen LogP contribution is -2.56. The number of benzene rings is 1. The fourth-order valence-electron chi connectivity index (χ4n) is 3.17. The van der Waals surface area contributed by atoms with Gasteiger partial charge in [0, 0.05) is 37.8 Å². The normalized spacial score (nSPS) is 14.9. The fourth-order valence-corrected chi connectivity index (χ4v) is 3.17. The highest BCUT2D eigenvalue weighted by Gasteiger charge is 2.26. The van der Waals surface area contributed by atoms with Gasteiger partial charge in [-0.2, -0.15) is 0 Å². The summed E-state index contributed by atoms with van der Waals surface area (Å²) in [7, 11) is 1.62. The lowest BCUT2D eigenvalue weighted by atomic mass is 10.1. The summed E-state index contributed by atoms with van der Waals surface area (Å²) in [6.45, 7) is 1.16. The van der Waals surface area contributed by atoms with E-state index >= 15 is 0 Å². The van der Waals surface area contributed by atoms with Crippen molar-refractivity contribution in [3.8, 4) is 0 Å². The number of fused-ring (bicyclic) bond motifs is 2. The lowest BCUT2D eigenvalue weighted by molar-refractivity contribution is 0.0695. The number of pyridine rings is 2. The Morgan fingerprint density at radius 2 is 2.08 bits per heavy atom. The van der Waals surface area contributed by atoms with Crippen molar-refractivity contribution in [3.05, 3.63) is 46.0 Å². The summed E-state index contributed by atoms with van der Waals surface area (Å²) < 4.78 is 15.9. The summed E-state index contributed by atoms with van der Waals surface area (Å²) in [6.07, 6.45) is 1.24. The molecule has 0 saturated carbocycles. The molecule has 1 fully saturated rings. The molecule has 0 radical (unpaired) electrons. The number of nitrogens with two attached hydrogens (primary N) is 1. The highest BCUT2D eigenvalue weighted by Crippen LogP contribution is 2.29. The van der Waals surface area contributed by atoms with Gasteiger partial charge in [-0.1, -0.05) is 0 Å². The standard InChI is InChI=1S/C17H15FN4O3/c1-21-7-11(17(24)25)15(23)10-2-8-3-12(18)14(22-5-9(19)6-22)4-13(8)20-16(10)21/h2-4,7,9H,5-6,19H2,1H3,(H,24,25). The Balaban J connectivity index is 1.98. The molecule has 0 aliphatic carbocycles. The number of carboxylic acid groups (broad SMARTS) is 1. The van der Waals surface area contributed by atoms with Crippen molar-refractivity contribution in [3.63, 3.8) is 0 Å². The molecule has 1 saturated heterocycles. The Morgan fingerprint density at radius 3 is 2.72 bits per heavy atom. The minimum Gasteiger partial charge on any atom is -0.477 e. The average molecular weight is 342 g/mol. The van der Waals surface area contributed by atoms with Gasteiger partial charge in [0.15, 0.2) is 0 Å². The van der Waals surface area contributed by atoms with E-state index in [0.29, 0.717) is 35.3 Å². The largest absolute Gasteiger partial charge is 0.477 e. The monoisotopic (exact) mass is 342 g/mol. The number of hydrogen-bond donors (Lipinski definition) is 2. The Kier molecular flexibility index (Phi) is 3.26. The third-order valence-electron chi connectivity index (χ3n) is 4.49. The second-order valence-corrected chi connectivity index (χ2v) is 6.31. The van der Waals surface area contributed by atoms with Crippen LogP contribution in [0.15, 0.2) is 29.2 Å². The van der Waals surface area contributed by atoms with Gasteiger partial charge < -0.3 is 20.3 Å². The molecule has 3 heterocycles. The van der Waals surface area contributed by atoms with Gasteiger partial charge >= 0.3 is 5.97 Å². The third-order valence-corrected chi connectivity index (χ3v) is 4.49. The van der Waals surface area contributed by atoms with E-state index < -0.39 is 17.2 Å². The van der Waals surface area contributed by atoms with E-state index in [1.807, 2.05) is 4.90 Å². The van der Waals surface area contributed by atoms with Crippen molar-refractivity contribution < 1.29 is 14.3 Å². The van der Waals surface area contributed by atoms with Crippen LogP contribution in [0.1, 0.15) is 10.4 Å². The first kappa shape index (κ1) is 15.5. The highest BCUT2D eigenvalue weighted by molar-refractivity contribution is 5.96. The summed E-state index contributed by atoms with van der Waals surface area (Å²) in [5, 5.41) is 9.74. The zero-order valence-corrected chi connectivity index (χ0v) is 13.4. The van der Waals surface area contributed by atoms with Crippen LogP contribution in [0.4, 0.5) is 10.1 Å². The maximum atomic E-state index is 14.4. The lowest BCUT2D eigenvalue weighted by Gasteiger charge is -2.39. The number of nitrogens with zero attached hydrogens (tertiary/aromatic N) is 3. The van der Waals surface area contributed by atoms with Crippen molar-refractivity contribution >= 4 is 33.6 Å².